The maximum atomic E-state index is 14.6. The monoisotopic (exact) mass is 410 g/mol. The van der Waals surface area contributed by atoms with E-state index < -0.39 is 17.1 Å². The summed E-state index contributed by atoms with van der Waals surface area (Å²) >= 11 is 0. The van der Waals surface area contributed by atoms with Crippen LogP contribution in [-0.4, -0.2) is 28.9 Å². The lowest BCUT2D eigenvalue weighted by Gasteiger charge is -2.14. The summed E-state index contributed by atoms with van der Waals surface area (Å²) in [7, 11) is 1.42. The van der Waals surface area contributed by atoms with Gasteiger partial charge in [-0.15, -0.1) is 0 Å². The number of fused-ring (bicyclic) bond motifs is 1. The molecule has 0 unspecified atom stereocenters. The van der Waals surface area contributed by atoms with E-state index in [2.05, 4.69) is 10.3 Å². The molecule has 0 aliphatic heterocycles. The number of phenolic OH excluding ortho intramolecular Hbond substituents is 1. The lowest BCUT2D eigenvalue weighted by Crippen LogP contribution is -2.29. The number of rotatable bonds is 6. The molecule has 1 aromatic heterocycles. The minimum absolute atomic E-state index is 0.0553. The second-order valence-electron chi connectivity index (χ2n) is 7.19. The van der Waals surface area contributed by atoms with E-state index in [0.29, 0.717) is 29.5 Å². The zero-order chi connectivity index (χ0) is 21.5. The number of aromatic hydroxyl groups is 1. The number of ether oxygens (including phenoxy) is 2. The van der Waals surface area contributed by atoms with Gasteiger partial charge in [-0.2, -0.15) is 0 Å². The molecule has 1 fully saturated rings. The molecule has 154 valence electrons. The van der Waals surface area contributed by atoms with Crippen molar-refractivity contribution in [3.8, 4) is 23.0 Å². The van der Waals surface area contributed by atoms with Crippen molar-refractivity contribution in [2.45, 2.75) is 19.8 Å². The number of nitrogens with one attached hydrogen (secondary N) is 1. The largest absolute Gasteiger partial charge is 0.504 e. The molecule has 0 radical (unpaired) electrons. The molecule has 2 N–H and O–H groups in total. The number of ketones is 1. The second kappa shape index (κ2) is 7.29. The number of aromatic nitrogens is 1. The maximum Gasteiger partial charge on any atom is 0.238 e. The van der Waals surface area contributed by atoms with Gasteiger partial charge in [-0.25, -0.2) is 4.39 Å². The first-order chi connectivity index (χ1) is 14.3. The highest BCUT2D eigenvalue weighted by Gasteiger charge is 2.54. The quantitative estimate of drug-likeness (QED) is 0.592. The van der Waals surface area contributed by atoms with Crippen LogP contribution >= 0.6 is 0 Å². The van der Waals surface area contributed by atoms with Gasteiger partial charge in [0, 0.05) is 29.4 Å². The van der Waals surface area contributed by atoms with Crippen LogP contribution in [0.1, 0.15) is 19.8 Å². The minimum atomic E-state index is -0.980. The molecule has 1 saturated carbocycles. The number of methoxy groups -OCH3 is 1. The first-order valence-electron chi connectivity index (χ1n) is 9.30. The number of halogens is 1. The first kappa shape index (κ1) is 19.6. The predicted octanol–water partition coefficient (Wildman–Crippen LogP) is 4.19. The van der Waals surface area contributed by atoms with Crippen molar-refractivity contribution in [3.63, 3.8) is 0 Å². The van der Waals surface area contributed by atoms with Crippen molar-refractivity contribution < 1.29 is 28.6 Å². The number of hydrogen-bond acceptors (Lipinski definition) is 6. The van der Waals surface area contributed by atoms with E-state index in [-0.39, 0.29) is 28.7 Å². The Labute approximate surface area is 171 Å². The van der Waals surface area contributed by atoms with E-state index in [4.69, 9.17) is 9.47 Å². The number of benzene rings is 2. The maximum absolute atomic E-state index is 14.6. The van der Waals surface area contributed by atoms with E-state index in [1.165, 1.54) is 38.4 Å². The lowest BCUT2D eigenvalue weighted by molar-refractivity contribution is -0.131. The standard InChI is InChI=1S/C22H19FN2O5/c1-12(26)22(6-7-22)21(28)25-13-3-4-19(15(23)9-13)30-18-5-8-24-16-11-17(27)20(29-2)10-14(16)18/h3-5,8-11,27H,6-7H2,1-2H3,(H,25,28). The van der Waals surface area contributed by atoms with Crippen LogP contribution in [0.4, 0.5) is 10.1 Å². The van der Waals surface area contributed by atoms with E-state index in [1.54, 1.807) is 12.1 Å². The van der Waals surface area contributed by atoms with Gasteiger partial charge >= 0.3 is 0 Å². The van der Waals surface area contributed by atoms with Crippen LogP contribution in [0, 0.1) is 11.2 Å². The highest BCUT2D eigenvalue weighted by molar-refractivity contribution is 6.13. The number of carbonyl (C=O) groups is 2. The minimum Gasteiger partial charge on any atom is -0.504 e. The van der Waals surface area contributed by atoms with Gasteiger partial charge in [0.05, 0.1) is 12.6 Å². The van der Waals surface area contributed by atoms with E-state index >= 15 is 0 Å². The average molecular weight is 410 g/mol. The fraction of sp³-hybridized carbons (Fsp3) is 0.227. The summed E-state index contributed by atoms with van der Waals surface area (Å²) < 4.78 is 25.5. The Hall–Kier alpha value is -3.68. The van der Waals surface area contributed by atoms with Crippen LogP contribution in [0.25, 0.3) is 10.9 Å². The Bertz CT molecular complexity index is 1170. The third-order valence-electron chi connectivity index (χ3n) is 5.27. The van der Waals surface area contributed by atoms with Crippen LogP contribution in [0.3, 0.4) is 0 Å². The molecule has 1 aliphatic rings. The van der Waals surface area contributed by atoms with Gasteiger partial charge in [0.15, 0.2) is 23.1 Å². The van der Waals surface area contributed by atoms with Crippen LogP contribution in [0.5, 0.6) is 23.0 Å². The molecule has 1 heterocycles. The summed E-state index contributed by atoms with van der Waals surface area (Å²) in [5.74, 6) is -0.862. The third kappa shape index (κ3) is 3.41. The van der Waals surface area contributed by atoms with Crippen LogP contribution in [0.15, 0.2) is 42.6 Å². The van der Waals surface area contributed by atoms with Gasteiger partial charge in [-0.1, -0.05) is 0 Å². The zero-order valence-electron chi connectivity index (χ0n) is 16.4. The number of phenols is 1. The number of anilines is 1. The summed E-state index contributed by atoms with van der Waals surface area (Å²) in [6, 6.07) is 8.58. The molecule has 8 heteroatoms. The summed E-state index contributed by atoms with van der Waals surface area (Å²) in [5, 5.41) is 13.0. The molecular weight excluding hydrogens is 391 g/mol. The number of Topliss-reactive ketones (excluding diaryl/α,β-unsaturated/α-hetero) is 1. The molecule has 4 rings (SSSR count). The molecule has 0 atom stereocenters. The Morgan fingerprint density at radius 3 is 2.53 bits per heavy atom. The smallest absolute Gasteiger partial charge is 0.238 e. The number of pyridine rings is 1. The van der Waals surface area contributed by atoms with Gasteiger partial charge in [0.1, 0.15) is 16.9 Å². The van der Waals surface area contributed by atoms with Crippen molar-refractivity contribution in [1.82, 2.24) is 4.98 Å². The highest BCUT2D eigenvalue weighted by atomic mass is 19.1. The summed E-state index contributed by atoms with van der Waals surface area (Å²) in [6.07, 6.45) is 2.49. The van der Waals surface area contributed by atoms with E-state index in [1.807, 2.05) is 0 Å². The van der Waals surface area contributed by atoms with E-state index in [0.717, 1.165) is 6.07 Å². The van der Waals surface area contributed by atoms with Crippen molar-refractivity contribution in [2.75, 3.05) is 12.4 Å². The van der Waals surface area contributed by atoms with Crippen molar-refractivity contribution >= 4 is 28.3 Å². The topological polar surface area (TPSA) is 97.8 Å². The number of nitrogens with zero attached hydrogens (tertiary/aromatic N) is 1. The van der Waals surface area contributed by atoms with Crippen LogP contribution in [0.2, 0.25) is 0 Å². The Morgan fingerprint density at radius 1 is 1.13 bits per heavy atom. The van der Waals surface area contributed by atoms with E-state index in [9.17, 15) is 19.1 Å². The van der Waals surface area contributed by atoms with Crippen LogP contribution in [-0.2, 0) is 9.59 Å². The summed E-state index contributed by atoms with van der Waals surface area (Å²) in [6.45, 7) is 1.39. The zero-order valence-corrected chi connectivity index (χ0v) is 16.4. The van der Waals surface area contributed by atoms with Crippen molar-refractivity contribution in [3.05, 3.63) is 48.4 Å². The molecule has 0 bridgehead atoms. The Balaban J connectivity index is 1.59. The highest BCUT2D eigenvalue weighted by Crippen LogP contribution is 2.47. The molecule has 30 heavy (non-hydrogen) atoms. The fourth-order valence-corrected chi connectivity index (χ4v) is 3.28. The summed E-state index contributed by atoms with van der Waals surface area (Å²) in [5.41, 5.74) is -0.288. The second-order valence-corrected chi connectivity index (χ2v) is 7.19. The molecular formula is C22H19FN2O5. The molecule has 1 aliphatic carbocycles. The van der Waals surface area contributed by atoms with Crippen molar-refractivity contribution in [1.29, 1.82) is 0 Å². The lowest BCUT2D eigenvalue weighted by atomic mass is 10.0. The summed E-state index contributed by atoms with van der Waals surface area (Å²) in [4.78, 5) is 28.2. The Kier molecular flexibility index (Phi) is 4.77. The first-order valence-corrected chi connectivity index (χ1v) is 9.30. The molecule has 3 aromatic rings. The van der Waals surface area contributed by atoms with Gasteiger partial charge in [0.25, 0.3) is 0 Å². The Morgan fingerprint density at radius 2 is 1.90 bits per heavy atom. The molecule has 1 amide bonds. The van der Waals surface area contributed by atoms with Gasteiger partial charge in [-0.05, 0) is 44.0 Å². The SMILES string of the molecule is COc1cc2c(Oc3ccc(NC(=O)C4(C(C)=O)CC4)cc3F)ccnc2cc1O. The molecule has 0 saturated heterocycles. The molecule has 7 nitrogen and oxygen atoms in total. The number of hydrogen-bond donors (Lipinski definition) is 2. The van der Waals surface area contributed by atoms with Gasteiger partial charge in [-0.3, -0.25) is 14.6 Å². The number of carbonyl (C=O) groups excluding carboxylic acids is 2. The number of amides is 1. The average Bonchev–Trinajstić information content (AvgIpc) is 3.52. The third-order valence-corrected chi connectivity index (χ3v) is 5.27. The fourth-order valence-electron chi connectivity index (χ4n) is 3.28. The molecule has 2 aromatic carbocycles. The molecule has 0 spiro atoms. The van der Waals surface area contributed by atoms with Crippen LogP contribution < -0.4 is 14.8 Å². The van der Waals surface area contributed by atoms with Crippen molar-refractivity contribution in [2.24, 2.45) is 5.41 Å². The van der Waals surface area contributed by atoms with Gasteiger partial charge < -0.3 is 19.9 Å². The normalized spacial score (nSPS) is 14.2. The predicted molar refractivity (Wildman–Crippen MR) is 107 cm³/mol. The van der Waals surface area contributed by atoms with Gasteiger partial charge in [0.2, 0.25) is 5.91 Å².